The highest BCUT2D eigenvalue weighted by Crippen LogP contribution is 2.29. The van der Waals surface area contributed by atoms with E-state index in [9.17, 15) is 13.6 Å². The number of rotatable bonds is 3. The number of aryl methyl sites for hydroxylation is 1. The fourth-order valence-corrected chi connectivity index (χ4v) is 2.12. The first kappa shape index (κ1) is 14.1. The first-order chi connectivity index (χ1) is 9.42. The van der Waals surface area contributed by atoms with Gasteiger partial charge in [-0.25, -0.2) is 13.6 Å². The van der Waals surface area contributed by atoms with E-state index in [0.29, 0.717) is 16.7 Å². The smallest absolute Gasteiger partial charge is 0.335 e. The quantitative estimate of drug-likeness (QED) is 0.906. The van der Waals surface area contributed by atoms with Gasteiger partial charge in [-0.15, -0.1) is 0 Å². The molecule has 0 heterocycles. The zero-order valence-electron chi connectivity index (χ0n) is 10.7. The zero-order chi connectivity index (χ0) is 14.9. The molecule has 0 unspecified atom stereocenters. The summed E-state index contributed by atoms with van der Waals surface area (Å²) in [5.74, 6) is -2.64. The van der Waals surface area contributed by atoms with Crippen molar-refractivity contribution in [3.63, 3.8) is 0 Å². The Morgan fingerprint density at radius 2 is 1.85 bits per heavy atom. The second-order valence-corrected chi connectivity index (χ2v) is 4.46. The number of carbonyl (C=O) groups is 1. The van der Waals surface area contributed by atoms with Gasteiger partial charge in [-0.2, -0.15) is 0 Å². The van der Waals surface area contributed by atoms with Crippen molar-refractivity contribution in [1.82, 2.24) is 0 Å². The molecule has 0 amide bonds. The van der Waals surface area contributed by atoms with Crippen LogP contribution in [-0.4, -0.2) is 16.2 Å². The predicted molar refractivity (Wildman–Crippen MR) is 69.4 cm³/mol. The summed E-state index contributed by atoms with van der Waals surface area (Å²) < 4.78 is 27.0. The number of benzene rings is 2. The lowest BCUT2D eigenvalue weighted by molar-refractivity contribution is 0.0696. The van der Waals surface area contributed by atoms with E-state index in [2.05, 4.69) is 0 Å². The Morgan fingerprint density at radius 3 is 2.40 bits per heavy atom. The molecule has 0 saturated heterocycles. The number of hydrogen-bond donors (Lipinski definition) is 2. The van der Waals surface area contributed by atoms with Gasteiger partial charge in [0.15, 0.2) is 0 Å². The number of halogens is 2. The number of carboxylic acids is 1. The van der Waals surface area contributed by atoms with E-state index in [4.69, 9.17) is 10.2 Å². The fraction of sp³-hybridized carbons (Fsp3) is 0.133. The molecule has 3 nitrogen and oxygen atoms in total. The largest absolute Gasteiger partial charge is 0.478 e. The van der Waals surface area contributed by atoms with Crippen molar-refractivity contribution >= 4 is 5.97 Å². The van der Waals surface area contributed by atoms with Crippen molar-refractivity contribution in [2.75, 3.05) is 0 Å². The van der Waals surface area contributed by atoms with Gasteiger partial charge in [-0.1, -0.05) is 0 Å². The molecule has 2 N–H and O–H groups in total. The number of aliphatic hydroxyl groups is 1. The third-order valence-electron chi connectivity index (χ3n) is 2.96. The lowest BCUT2D eigenvalue weighted by atomic mass is 9.96. The molecule has 0 saturated carbocycles. The van der Waals surface area contributed by atoms with Crippen molar-refractivity contribution in [3.8, 4) is 11.1 Å². The molecule has 5 heteroatoms. The van der Waals surface area contributed by atoms with Crippen LogP contribution in [0, 0.1) is 18.6 Å². The average molecular weight is 278 g/mol. The summed E-state index contributed by atoms with van der Waals surface area (Å²) >= 11 is 0. The molecule has 0 aliphatic carbocycles. The Hall–Kier alpha value is -2.27. The summed E-state index contributed by atoms with van der Waals surface area (Å²) in [4.78, 5) is 11.0. The molecular weight excluding hydrogens is 266 g/mol. The monoisotopic (exact) mass is 278 g/mol. The molecular formula is C15H12F2O3. The molecule has 0 spiro atoms. The third-order valence-corrected chi connectivity index (χ3v) is 2.96. The molecule has 0 bridgehead atoms. The molecule has 0 aliphatic rings. The second kappa shape index (κ2) is 5.38. The Morgan fingerprint density at radius 1 is 1.15 bits per heavy atom. The first-order valence-electron chi connectivity index (χ1n) is 5.86. The summed E-state index contributed by atoms with van der Waals surface area (Å²) in [6.07, 6.45) is 0. The van der Waals surface area contributed by atoms with Crippen molar-refractivity contribution in [3.05, 3.63) is 58.7 Å². The van der Waals surface area contributed by atoms with E-state index in [-0.39, 0.29) is 17.7 Å². The lowest BCUT2D eigenvalue weighted by Gasteiger charge is -2.10. The molecule has 2 aromatic carbocycles. The lowest BCUT2D eigenvalue weighted by Crippen LogP contribution is -2.00. The summed E-state index contributed by atoms with van der Waals surface area (Å²) in [6, 6.07) is 6.00. The van der Waals surface area contributed by atoms with Gasteiger partial charge in [0.05, 0.1) is 12.2 Å². The Balaban J connectivity index is 2.69. The van der Waals surface area contributed by atoms with Crippen LogP contribution in [0.1, 0.15) is 21.5 Å². The standard InChI is InChI=1S/C15H12F2O3/c1-8-2-12(16)6-13(17)14(8)10-3-9(7-18)4-11(5-10)15(19)20/h2-6,18H,7H2,1H3,(H,19,20). The average Bonchev–Trinajstić information content (AvgIpc) is 2.37. The van der Waals surface area contributed by atoms with E-state index < -0.39 is 17.6 Å². The van der Waals surface area contributed by atoms with Crippen LogP contribution in [0.2, 0.25) is 0 Å². The summed E-state index contributed by atoms with van der Waals surface area (Å²) in [7, 11) is 0. The molecule has 2 aromatic rings. The van der Waals surface area contributed by atoms with Crippen LogP contribution in [0.15, 0.2) is 30.3 Å². The van der Waals surface area contributed by atoms with E-state index in [1.54, 1.807) is 0 Å². The Kier molecular flexibility index (Phi) is 3.81. The van der Waals surface area contributed by atoms with Crippen molar-refractivity contribution in [2.24, 2.45) is 0 Å². The van der Waals surface area contributed by atoms with Gasteiger partial charge >= 0.3 is 5.97 Å². The Labute approximate surface area is 114 Å². The number of aliphatic hydroxyl groups excluding tert-OH is 1. The van der Waals surface area contributed by atoms with E-state index in [1.807, 2.05) is 0 Å². The first-order valence-corrected chi connectivity index (χ1v) is 5.86. The van der Waals surface area contributed by atoms with Crippen LogP contribution in [0.3, 0.4) is 0 Å². The van der Waals surface area contributed by atoms with Gasteiger partial charge in [0, 0.05) is 11.6 Å². The van der Waals surface area contributed by atoms with Crippen molar-refractivity contribution < 1.29 is 23.8 Å². The third kappa shape index (κ3) is 2.67. The SMILES string of the molecule is Cc1cc(F)cc(F)c1-c1cc(CO)cc(C(=O)O)c1. The Bertz CT molecular complexity index is 658. The number of aromatic carboxylic acids is 1. The number of hydrogen-bond acceptors (Lipinski definition) is 2. The molecule has 104 valence electrons. The van der Waals surface area contributed by atoms with Crippen molar-refractivity contribution in [1.29, 1.82) is 0 Å². The normalized spacial score (nSPS) is 10.6. The fourth-order valence-electron chi connectivity index (χ4n) is 2.12. The van der Waals surface area contributed by atoms with Crippen LogP contribution in [0.4, 0.5) is 8.78 Å². The maximum atomic E-state index is 13.9. The molecule has 0 atom stereocenters. The maximum Gasteiger partial charge on any atom is 0.335 e. The van der Waals surface area contributed by atoms with Gasteiger partial charge in [-0.3, -0.25) is 0 Å². The minimum Gasteiger partial charge on any atom is -0.478 e. The molecule has 0 radical (unpaired) electrons. The summed E-state index contributed by atoms with van der Waals surface area (Å²) in [6.45, 7) is 1.17. The highest BCUT2D eigenvalue weighted by molar-refractivity contribution is 5.90. The van der Waals surface area contributed by atoms with Gasteiger partial charge in [-0.05, 0) is 47.9 Å². The minimum atomic E-state index is -1.18. The van der Waals surface area contributed by atoms with Crippen molar-refractivity contribution in [2.45, 2.75) is 13.5 Å². The van der Waals surface area contributed by atoms with Crippen LogP contribution in [0.5, 0.6) is 0 Å². The molecule has 0 aromatic heterocycles. The molecule has 0 aliphatic heterocycles. The number of carboxylic acid groups (broad SMARTS) is 1. The van der Waals surface area contributed by atoms with Crippen LogP contribution in [0.25, 0.3) is 11.1 Å². The second-order valence-electron chi connectivity index (χ2n) is 4.46. The van der Waals surface area contributed by atoms with Gasteiger partial charge in [0.25, 0.3) is 0 Å². The highest BCUT2D eigenvalue weighted by Gasteiger charge is 2.14. The van der Waals surface area contributed by atoms with Crippen LogP contribution >= 0.6 is 0 Å². The maximum absolute atomic E-state index is 13.9. The van der Waals surface area contributed by atoms with E-state index >= 15 is 0 Å². The summed E-state index contributed by atoms with van der Waals surface area (Å²) in [5, 5.41) is 18.2. The van der Waals surface area contributed by atoms with Crippen LogP contribution in [-0.2, 0) is 6.61 Å². The topological polar surface area (TPSA) is 57.5 Å². The molecule has 0 fully saturated rings. The van der Waals surface area contributed by atoms with Gasteiger partial charge in [0.2, 0.25) is 0 Å². The molecule has 20 heavy (non-hydrogen) atoms. The zero-order valence-corrected chi connectivity index (χ0v) is 10.7. The van der Waals surface area contributed by atoms with E-state index in [0.717, 1.165) is 6.07 Å². The van der Waals surface area contributed by atoms with E-state index in [1.165, 1.54) is 31.2 Å². The van der Waals surface area contributed by atoms with Gasteiger partial charge in [0.1, 0.15) is 11.6 Å². The minimum absolute atomic E-state index is 0.0605. The summed E-state index contributed by atoms with van der Waals surface area (Å²) in [5.41, 5.74) is 1.07. The predicted octanol–water partition coefficient (Wildman–Crippen LogP) is 3.13. The van der Waals surface area contributed by atoms with Crippen LogP contribution < -0.4 is 0 Å². The van der Waals surface area contributed by atoms with Gasteiger partial charge < -0.3 is 10.2 Å². The highest BCUT2D eigenvalue weighted by atomic mass is 19.1. The molecule has 2 rings (SSSR count).